The van der Waals surface area contributed by atoms with Crippen LogP contribution in [0.15, 0.2) is 29.4 Å². The maximum atomic E-state index is 12.6. The number of aromatic hydroxyl groups is 1. The van der Waals surface area contributed by atoms with E-state index in [0.29, 0.717) is 0 Å². The van der Waals surface area contributed by atoms with Crippen molar-refractivity contribution >= 4 is 23.7 Å². The summed E-state index contributed by atoms with van der Waals surface area (Å²) in [7, 11) is 0. The third-order valence-corrected chi connectivity index (χ3v) is 5.34. The van der Waals surface area contributed by atoms with Gasteiger partial charge in [0.25, 0.3) is 11.8 Å². The summed E-state index contributed by atoms with van der Waals surface area (Å²) >= 11 is 0. The quantitative estimate of drug-likeness (QED) is 0.277. The molecular weight excluding hydrogens is 354 g/mol. The molecule has 1 aliphatic heterocycles. The molecule has 0 unspecified atom stereocenters. The zero-order chi connectivity index (χ0) is 19.3. The van der Waals surface area contributed by atoms with Crippen molar-refractivity contribution in [2.75, 3.05) is 6.61 Å². The van der Waals surface area contributed by atoms with E-state index >= 15 is 0 Å². The van der Waals surface area contributed by atoms with Crippen LogP contribution in [0.1, 0.15) is 18.9 Å². The summed E-state index contributed by atoms with van der Waals surface area (Å²) in [6, 6.07) is 2.48. The van der Waals surface area contributed by atoms with E-state index in [0.717, 1.165) is 17.5 Å². The van der Waals surface area contributed by atoms with Crippen molar-refractivity contribution < 1.29 is 24.4 Å². The summed E-state index contributed by atoms with van der Waals surface area (Å²) in [6.07, 6.45) is 6.00. The predicted octanol–water partition coefficient (Wildman–Crippen LogP) is 1.84. The number of nitrogens with zero attached hydrogens (tertiary/aromatic N) is 3. The fourth-order valence-electron chi connectivity index (χ4n) is 4.22. The van der Waals surface area contributed by atoms with Crippen molar-refractivity contribution in [1.29, 1.82) is 0 Å². The first-order chi connectivity index (χ1) is 12.9. The van der Waals surface area contributed by atoms with Crippen molar-refractivity contribution in [3.63, 3.8) is 0 Å². The van der Waals surface area contributed by atoms with Crippen molar-refractivity contribution in [1.82, 2.24) is 5.01 Å². The molecule has 4 atom stereocenters. The Morgan fingerprint density at radius 2 is 1.93 bits per heavy atom. The Labute approximate surface area is 154 Å². The zero-order valence-corrected chi connectivity index (χ0v) is 14.4. The minimum absolute atomic E-state index is 0.0636. The van der Waals surface area contributed by atoms with Crippen LogP contribution in [0.3, 0.4) is 0 Å². The first-order valence-electron chi connectivity index (χ1n) is 8.66. The van der Waals surface area contributed by atoms with Gasteiger partial charge in [-0.05, 0) is 31.2 Å². The maximum Gasteiger partial charge on any atom is 0.315 e. The van der Waals surface area contributed by atoms with Crippen LogP contribution < -0.4 is 4.74 Å². The molecule has 0 spiro atoms. The minimum Gasteiger partial charge on any atom is -0.500 e. The van der Waals surface area contributed by atoms with E-state index in [1.807, 2.05) is 12.2 Å². The topological polar surface area (TPSA) is 122 Å². The average Bonchev–Trinajstić information content (AvgIpc) is 3.30. The Morgan fingerprint density at radius 3 is 2.48 bits per heavy atom. The summed E-state index contributed by atoms with van der Waals surface area (Å²) in [5, 5.41) is 25.9. The molecule has 2 fully saturated rings. The molecule has 4 rings (SSSR count). The number of carbonyl (C=O) groups excluding carboxylic acids is 2. The molecule has 140 valence electrons. The van der Waals surface area contributed by atoms with Crippen LogP contribution in [0, 0.1) is 33.8 Å². The lowest BCUT2D eigenvalue weighted by Crippen LogP contribution is -2.28. The molecule has 1 N–H and O–H groups in total. The number of nitro groups is 1. The highest BCUT2D eigenvalue weighted by molar-refractivity contribution is 6.06. The van der Waals surface area contributed by atoms with Gasteiger partial charge in [0.1, 0.15) is 0 Å². The largest absolute Gasteiger partial charge is 0.500 e. The van der Waals surface area contributed by atoms with Crippen molar-refractivity contribution in [2.45, 2.75) is 13.3 Å². The highest BCUT2D eigenvalue weighted by Gasteiger charge is 2.59. The monoisotopic (exact) mass is 371 g/mol. The number of hydrogen-bond donors (Lipinski definition) is 1. The summed E-state index contributed by atoms with van der Waals surface area (Å²) in [4.78, 5) is 35.6. The highest BCUT2D eigenvalue weighted by atomic mass is 16.6. The van der Waals surface area contributed by atoms with Crippen molar-refractivity contribution in [3.8, 4) is 11.5 Å². The summed E-state index contributed by atoms with van der Waals surface area (Å²) in [5.41, 5.74) is -0.303. The van der Waals surface area contributed by atoms with E-state index in [1.54, 1.807) is 6.92 Å². The Kier molecular flexibility index (Phi) is 3.94. The van der Waals surface area contributed by atoms with Crippen LogP contribution in [-0.2, 0) is 9.59 Å². The van der Waals surface area contributed by atoms with Gasteiger partial charge in [0.05, 0.1) is 29.6 Å². The predicted molar refractivity (Wildman–Crippen MR) is 93.1 cm³/mol. The lowest BCUT2D eigenvalue weighted by atomic mass is 9.85. The normalized spacial score (nSPS) is 28.4. The van der Waals surface area contributed by atoms with Crippen LogP contribution in [0.5, 0.6) is 11.5 Å². The van der Waals surface area contributed by atoms with E-state index in [2.05, 4.69) is 5.10 Å². The molecule has 27 heavy (non-hydrogen) atoms. The van der Waals surface area contributed by atoms with Gasteiger partial charge in [-0.25, -0.2) is 0 Å². The SMILES string of the molecule is CCOc1cc(/C=N\N2C(=O)[C@@H]3[C@H](C2=O)[C@@H]2C=C[C@H]3C2)cc([N+](=O)[O-])c1O. The Bertz CT molecular complexity index is 879. The molecule has 9 nitrogen and oxygen atoms in total. The Hall–Kier alpha value is -3.23. The number of phenols is 1. The van der Waals surface area contributed by atoms with Gasteiger partial charge in [-0.2, -0.15) is 10.1 Å². The molecule has 1 saturated carbocycles. The van der Waals surface area contributed by atoms with E-state index in [-0.39, 0.29) is 53.4 Å². The van der Waals surface area contributed by atoms with Gasteiger partial charge < -0.3 is 9.84 Å². The standard InChI is InChI=1S/C18H17N3O6/c1-2-27-13-6-9(5-12(16(13)22)21(25)26)8-19-20-17(23)14-10-3-4-11(7-10)15(14)18(20)24/h3-6,8,10-11,14-15,22H,2,7H2,1H3/b19-8-/t10-,11+,14-,15+. The number of amides is 2. The van der Waals surface area contributed by atoms with Crippen molar-refractivity contribution in [2.24, 2.45) is 28.8 Å². The average molecular weight is 371 g/mol. The fraction of sp³-hybridized carbons (Fsp3) is 0.389. The summed E-state index contributed by atoms with van der Waals surface area (Å²) < 4.78 is 5.21. The van der Waals surface area contributed by atoms with E-state index in [9.17, 15) is 24.8 Å². The number of ether oxygens (including phenoxy) is 1. The van der Waals surface area contributed by atoms with Gasteiger partial charge in [0.15, 0.2) is 5.75 Å². The van der Waals surface area contributed by atoms with Crippen LogP contribution in [-0.4, -0.2) is 39.7 Å². The molecule has 1 saturated heterocycles. The molecular formula is C18H17N3O6. The van der Waals surface area contributed by atoms with Gasteiger partial charge in [-0.15, -0.1) is 0 Å². The number of benzene rings is 1. The van der Waals surface area contributed by atoms with Gasteiger partial charge in [-0.3, -0.25) is 19.7 Å². The molecule has 0 radical (unpaired) electrons. The number of nitro benzene ring substituents is 1. The molecule has 9 heteroatoms. The van der Waals surface area contributed by atoms with Crippen LogP contribution in [0.4, 0.5) is 5.69 Å². The summed E-state index contributed by atoms with van der Waals surface area (Å²) in [5.74, 6) is -1.88. The second kappa shape index (κ2) is 6.19. The first kappa shape index (κ1) is 17.2. The van der Waals surface area contributed by atoms with E-state index in [1.165, 1.54) is 12.3 Å². The molecule has 0 aromatic heterocycles. The highest BCUT2D eigenvalue weighted by Crippen LogP contribution is 2.52. The smallest absolute Gasteiger partial charge is 0.315 e. The lowest BCUT2D eigenvalue weighted by Gasteiger charge is -2.13. The first-order valence-corrected chi connectivity index (χ1v) is 8.66. The van der Waals surface area contributed by atoms with Gasteiger partial charge in [-0.1, -0.05) is 12.2 Å². The molecule has 3 aliphatic rings. The van der Waals surface area contributed by atoms with Crippen LogP contribution in [0.2, 0.25) is 0 Å². The second-order valence-electron chi connectivity index (χ2n) is 6.81. The maximum absolute atomic E-state index is 12.6. The van der Waals surface area contributed by atoms with E-state index in [4.69, 9.17) is 4.74 Å². The number of imide groups is 1. The van der Waals surface area contributed by atoms with Gasteiger partial charge in [0.2, 0.25) is 5.75 Å². The number of carbonyl (C=O) groups is 2. The number of hydrazone groups is 1. The molecule has 1 aromatic rings. The Morgan fingerprint density at radius 1 is 1.30 bits per heavy atom. The van der Waals surface area contributed by atoms with Gasteiger partial charge >= 0.3 is 5.69 Å². The third kappa shape index (κ3) is 2.57. The van der Waals surface area contributed by atoms with Crippen molar-refractivity contribution in [3.05, 3.63) is 40.0 Å². The minimum atomic E-state index is -0.741. The van der Waals surface area contributed by atoms with Crippen LogP contribution >= 0.6 is 0 Å². The fourth-order valence-corrected chi connectivity index (χ4v) is 4.22. The molecule has 1 heterocycles. The van der Waals surface area contributed by atoms with Gasteiger partial charge in [0, 0.05) is 11.6 Å². The number of allylic oxidation sites excluding steroid dienone is 2. The molecule has 2 bridgehead atoms. The molecule has 1 aromatic carbocycles. The number of rotatable bonds is 5. The summed E-state index contributed by atoms with van der Waals surface area (Å²) in [6.45, 7) is 1.88. The third-order valence-electron chi connectivity index (χ3n) is 5.34. The Balaban J connectivity index is 1.63. The molecule has 2 aliphatic carbocycles. The number of hydrogen-bond acceptors (Lipinski definition) is 7. The lowest BCUT2D eigenvalue weighted by molar-refractivity contribution is -0.386. The second-order valence-corrected chi connectivity index (χ2v) is 6.81. The zero-order valence-electron chi connectivity index (χ0n) is 14.4. The molecule has 2 amide bonds. The van der Waals surface area contributed by atoms with E-state index < -0.39 is 16.4 Å². The number of fused-ring (bicyclic) bond motifs is 5. The van der Waals surface area contributed by atoms with Crippen LogP contribution in [0.25, 0.3) is 0 Å². The number of phenolic OH excluding ortho intramolecular Hbond substituents is 1.